The molecular weight excluding hydrogens is 368 g/mol. The summed E-state index contributed by atoms with van der Waals surface area (Å²) in [5.74, 6) is 1.39. The van der Waals surface area contributed by atoms with Gasteiger partial charge < -0.3 is 9.88 Å². The zero-order chi connectivity index (χ0) is 18.7. The van der Waals surface area contributed by atoms with E-state index in [9.17, 15) is 4.79 Å². The lowest BCUT2D eigenvalue weighted by Gasteiger charge is -2.30. The summed E-state index contributed by atoms with van der Waals surface area (Å²) in [6, 6.07) is 7.80. The van der Waals surface area contributed by atoms with Crippen LogP contribution in [0.1, 0.15) is 39.5 Å². The van der Waals surface area contributed by atoms with E-state index in [0.717, 1.165) is 23.0 Å². The number of aromatic nitrogens is 3. The number of rotatable bonds is 5. The number of carbonyl (C=O) groups excluding carboxylic acids is 1. The van der Waals surface area contributed by atoms with E-state index in [2.05, 4.69) is 22.4 Å². The third kappa shape index (κ3) is 4.41. The summed E-state index contributed by atoms with van der Waals surface area (Å²) < 4.78 is 1.92. The molecule has 1 heterocycles. The van der Waals surface area contributed by atoms with Gasteiger partial charge in [-0.15, -0.1) is 10.2 Å². The molecule has 0 saturated heterocycles. The highest BCUT2D eigenvalue weighted by molar-refractivity contribution is 8.00. The average Bonchev–Trinajstić information content (AvgIpc) is 2.98. The molecule has 140 valence electrons. The molecule has 5 nitrogen and oxygen atoms in total. The van der Waals surface area contributed by atoms with Gasteiger partial charge in [-0.3, -0.25) is 4.79 Å². The maximum Gasteiger partial charge on any atom is 0.233 e. The van der Waals surface area contributed by atoms with Crippen molar-refractivity contribution < 1.29 is 4.79 Å². The molecular formula is C19H25ClN4OS. The average molecular weight is 393 g/mol. The lowest BCUT2D eigenvalue weighted by Crippen LogP contribution is -2.44. The van der Waals surface area contributed by atoms with Gasteiger partial charge in [0.25, 0.3) is 0 Å². The second-order valence-electron chi connectivity index (χ2n) is 7.01. The van der Waals surface area contributed by atoms with Gasteiger partial charge in [0.1, 0.15) is 0 Å². The van der Waals surface area contributed by atoms with Crippen molar-refractivity contribution in [1.82, 2.24) is 20.1 Å². The Balaban J connectivity index is 1.65. The van der Waals surface area contributed by atoms with Crippen molar-refractivity contribution in [2.24, 2.45) is 13.0 Å². The number of hydrogen-bond acceptors (Lipinski definition) is 4. The highest BCUT2D eigenvalue weighted by Gasteiger charge is 2.26. The molecule has 2 aromatic rings. The second kappa shape index (κ2) is 8.44. The summed E-state index contributed by atoms with van der Waals surface area (Å²) in [7, 11) is 1.92. The van der Waals surface area contributed by atoms with E-state index in [1.54, 1.807) is 0 Å². The van der Waals surface area contributed by atoms with E-state index in [1.807, 2.05) is 42.8 Å². The molecule has 0 radical (unpaired) electrons. The minimum atomic E-state index is -0.218. The fourth-order valence-corrected chi connectivity index (χ4v) is 4.26. The molecule has 1 fully saturated rings. The molecule has 3 rings (SSSR count). The van der Waals surface area contributed by atoms with Gasteiger partial charge >= 0.3 is 0 Å². The van der Waals surface area contributed by atoms with Crippen LogP contribution in [0.15, 0.2) is 29.4 Å². The number of nitrogens with one attached hydrogen (secondary N) is 1. The lowest BCUT2D eigenvalue weighted by atomic mass is 9.86. The van der Waals surface area contributed by atoms with Crippen molar-refractivity contribution in [2.45, 2.75) is 56.0 Å². The Morgan fingerprint density at radius 1 is 1.27 bits per heavy atom. The van der Waals surface area contributed by atoms with Crippen LogP contribution in [-0.4, -0.2) is 32.0 Å². The zero-order valence-corrected chi connectivity index (χ0v) is 17.0. The second-order valence-corrected chi connectivity index (χ2v) is 8.75. The Morgan fingerprint density at radius 2 is 1.96 bits per heavy atom. The van der Waals surface area contributed by atoms with E-state index in [4.69, 9.17) is 11.6 Å². The largest absolute Gasteiger partial charge is 0.352 e. The minimum Gasteiger partial charge on any atom is -0.352 e. The fraction of sp³-hybridized carbons (Fsp3) is 0.526. The number of thioether (sulfide) groups is 1. The van der Waals surface area contributed by atoms with Crippen molar-refractivity contribution in [1.29, 1.82) is 0 Å². The molecule has 26 heavy (non-hydrogen) atoms. The number of halogens is 1. The van der Waals surface area contributed by atoms with Gasteiger partial charge in [-0.25, -0.2) is 0 Å². The summed E-state index contributed by atoms with van der Waals surface area (Å²) in [6.45, 7) is 4.15. The molecule has 0 unspecified atom stereocenters. The molecule has 1 N–H and O–H groups in total. The smallest absolute Gasteiger partial charge is 0.233 e. The number of nitrogens with zero attached hydrogens (tertiary/aromatic N) is 3. The number of hydrogen-bond donors (Lipinski definition) is 1. The summed E-state index contributed by atoms with van der Waals surface area (Å²) in [4.78, 5) is 12.6. The first-order valence-corrected chi connectivity index (χ1v) is 10.3. The molecule has 1 saturated carbocycles. The van der Waals surface area contributed by atoms with Crippen molar-refractivity contribution in [2.75, 3.05) is 0 Å². The minimum absolute atomic E-state index is 0.0739. The molecule has 1 aromatic carbocycles. The number of carbonyl (C=O) groups is 1. The van der Waals surface area contributed by atoms with Crippen LogP contribution in [-0.2, 0) is 11.8 Å². The number of amides is 1. The first-order valence-electron chi connectivity index (χ1n) is 9.08. The van der Waals surface area contributed by atoms with Crippen LogP contribution < -0.4 is 5.32 Å². The summed E-state index contributed by atoms with van der Waals surface area (Å²) in [6.07, 6.45) is 4.74. The maximum atomic E-state index is 12.6. The summed E-state index contributed by atoms with van der Waals surface area (Å²) in [5, 5.41) is 13.0. The predicted molar refractivity (Wildman–Crippen MR) is 106 cm³/mol. The van der Waals surface area contributed by atoms with Gasteiger partial charge in [-0.2, -0.15) is 0 Å². The van der Waals surface area contributed by atoms with Crippen molar-refractivity contribution in [3.8, 4) is 11.4 Å². The van der Waals surface area contributed by atoms with Crippen LogP contribution in [0.2, 0.25) is 5.02 Å². The lowest BCUT2D eigenvalue weighted by molar-refractivity contribution is -0.121. The van der Waals surface area contributed by atoms with E-state index in [0.29, 0.717) is 17.0 Å². The topological polar surface area (TPSA) is 59.8 Å². The van der Waals surface area contributed by atoms with Gasteiger partial charge in [-0.1, -0.05) is 43.1 Å². The van der Waals surface area contributed by atoms with Gasteiger partial charge in [0.05, 0.1) is 5.25 Å². The first kappa shape index (κ1) is 19.2. The Labute approximate surface area is 163 Å². The summed E-state index contributed by atoms with van der Waals surface area (Å²) >= 11 is 7.38. The highest BCUT2D eigenvalue weighted by Crippen LogP contribution is 2.28. The first-order chi connectivity index (χ1) is 12.5. The Hall–Kier alpha value is -1.53. The molecule has 1 aromatic heterocycles. The molecule has 1 amide bonds. The zero-order valence-electron chi connectivity index (χ0n) is 15.4. The summed E-state index contributed by atoms with van der Waals surface area (Å²) in [5.41, 5.74) is 0.949. The van der Waals surface area contributed by atoms with Crippen LogP contribution in [0, 0.1) is 5.92 Å². The van der Waals surface area contributed by atoms with Crippen LogP contribution >= 0.6 is 23.4 Å². The van der Waals surface area contributed by atoms with Gasteiger partial charge in [-0.05, 0) is 49.9 Å². The van der Waals surface area contributed by atoms with Gasteiger partial charge in [0.2, 0.25) is 5.91 Å². The normalized spacial score (nSPS) is 21.4. The monoisotopic (exact) mass is 392 g/mol. The SMILES string of the molecule is C[C@@H](Sc1nnc(-c2ccc(Cl)cc2)n1C)C(=O)N[C@H]1CCCC[C@@H]1C. The van der Waals surface area contributed by atoms with Gasteiger partial charge in [0, 0.05) is 23.7 Å². The Kier molecular flexibility index (Phi) is 6.24. The molecule has 0 aliphatic heterocycles. The molecule has 3 atom stereocenters. The Morgan fingerprint density at radius 3 is 2.65 bits per heavy atom. The van der Waals surface area contributed by atoms with Crippen LogP contribution in [0.3, 0.4) is 0 Å². The van der Waals surface area contributed by atoms with E-state index >= 15 is 0 Å². The fourth-order valence-electron chi connectivity index (χ4n) is 3.31. The van der Waals surface area contributed by atoms with E-state index in [1.165, 1.54) is 31.0 Å². The highest BCUT2D eigenvalue weighted by atomic mass is 35.5. The van der Waals surface area contributed by atoms with Crippen LogP contribution in [0.25, 0.3) is 11.4 Å². The van der Waals surface area contributed by atoms with Crippen molar-refractivity contribution >= 4 is 29.3 Å². The maximum absolute atomic E-state index is 12.6. The number of benzene rings is 1. The Bertz CT molecular complexity index is 761. The molecule has 0 bridgehead atoms. The van der Waals surface area contributed by atoms with E-state index < -0.39 is 0 Å². The standard InChI is InChI=1S/C19H25ClN4OS/c1-12-6-4-5-7-16(12)21-18(25)13(2)26-19-23-22-17(24(19)3)14-8-10-15(20)11-9-14/h8-13,16H,4-7H2,1-3H3,(H,21,25)/t12-,13+,16-/m0/s1. The third-order valence-electron chi connectivity index (χ3n) is 5.03. The molecule has 1 aliphatic rings. The van der Waals surface area contributed by atoms with Crippen molar-refractivity contribution in [3.63, 3.8) is 0 Å². The van der Waals surface area contributed by atoms with Crippen LogP contribution in [0.5, 0.6) is 0 Å². The third-order valence-corrected chi connectivity index (χ3v) is 6.41. The predicted octanol–water partition coefficient (Wildman–Crippen LogP) is 4.31. The molecule has 7 heteroatoms. The molecule has 1 aliphatic carbocycles. The van der Waals surface area contributed by atoms with E-state index in [-0.39, 0.29) is 11.2 Å². The van der Waals surface area contributed by atoms with Crippen molar-refractivity contribution in [3.05, 3.63) is 29.3 Å². The quantitative estimate of drug-likeness (QED) is 0.770. The van der Waals surface area contributed by atoms with Crippen LogP contribution in [0.4, 0.5) is 0 Å². The molecule has 0 spiro atoms. The van der Waals surface area contributed by atoms with Gasteiger partial charge in [0.15, 0.2) is 11.0 Å².